The van der Waals surface area contributed by atoms with Crippen LogP contribution in [-0.4, -0.2) is 17.6 Å². The largest absolute Gasteiger partial charge is 0.497 e. The molecule has 132 valence electrons. The summed E-state index contributed by atoms with van der Waals surface area (Å²) in [6.45, 7) is 1.19. The number of rotatable bonds is 4. The normalized spacial score (nSPS) is 12.8. The number of hydrogen-bond acceptors (Lipinski definition) is 3. The lowest BCUT2D eigenvalue weighted by Gasteiger charge is -2.20. The number of hydrogen-bond donors (Lipinski definition) is 1. The summed E-state index contributed by atoms with van der Waals surface area (Å²) in [5.41, 5.74) is 3.09. The van der Waals surface area contributed by atoms with Crippen molar-refractivity contribution in [3.8, 4) is 5.75 Å². The molecule has 5 heteroatoms. The van der Waals surface area contributed by atoms with Crippen molar-refractivity contribution in [1.29, 1.82) is 0 Å². The zero-order valence-corrected chi connectivity index (χ0v) is 14.6. The number of nitrogens with one attached hydrogen (secondary N) is 1. The molecule has 0 saturated heterocycles. The van der Waals surface area contributed by atoms with Crippen LogP contribution in [0.3, 0.4) is 0 Å². The maximum Gasteiger partial charge on any atom is 0.257 e. The highest BCUT2D eigenvalue weighted by Gasteiger charge is 2.19. The van der Waals surface area contributed by atoms with E-state index < -0.39 is 0 Å². The van der Waals surface area contributed by atoms with Crippen LogP contribution < -0.4 is 15.5 Å². The average Bonchev–Trinajstić information content (AvgIpc) is 2.69. The number of benzene rings is 2. The smallest absolute Gasteiger partial charge is 0.257 e. The van der Waals surface area contributed by atoms with Gasteiger partial charge in [-0.25, -0.2) is 0 Å². The van der Waals surface area contributed by atoms with Gasteiger partial charge in [0.05, 0.1) is 12.6 Å². The molecule has 0 radical (unpaired) electrons. The Morgan fingerprint density at radius 3 is 2.77 bits per heavy atom. The molecule has 1 aliphatic rings. The van der Waals surface area contributed by atoms with E-state index in [1.807, 2.05) is 41.0 Å². The van der Waals surface area contributed by atoms with E-state index in [9.17, 15) is 9.59 Å². The Balaban J connectivity index is 1.63. The second-order valence-electron chi connectivity index (χ2n) is 6.51. The highest BCUT2D eigenvalue weighted by atomic mass is 16.5. The number of carbonyl (C=O) groups excluding carboxylic acids is 1. The summed E-state index contributed by atoms with van der Waals surface area (Å²) in [5.74, 6) is 0.426. The molecule has 0 atom stereocenters. The fraction of sp³-hybridized carbons (Fsp3) is 0.238. The molecule has 5 nitrogen and oxygen atoms in total. The first-order valence-electron chi connectivity index (χ1n) is 8.73. The van der Waals surface area contributed by atoms with Gasteiger partial charge in [-0.05, 0) is 42.2 Å². The van der Waals surface area contributed by atoms with Crippen molar-refractivity contribution in [1.82, 2.24) is 9.88 Å². The molecule has 1 aliphatic heterocycles. The maximum atomic E-state index is 12.8. The molecule has 0 unspecified atom stereocenters. The summed E-state index contributed by atoms with van der Waals surface area (Å²) in [6.07, 6.45) is 3.69. The van der Waals surface area contributed by atoms with Crippen LogP contribution in [0.15, 0.2) is 53.5 Å². The molecule has 1 N–H and O–H groups in total. The van der Waals surface area contributed by atoms with E-state index in [0.717, 1.165) is 36.2 Å². The summed E-state index contributed by atoms with van der Waals surface area (Å²) in [5, 5.41) is 3.47. The van der Waals surface area contributed by atoms with Crippen LogP contribution in [0.4, 0.5) is 0 Å². The van der Waals surface area contributed by atoms with Crippen LogP contribution in [0.5, 0.6) is 5.75 Å². The standard InChI is InChI=1S/C21H20N2O3/c1-26-16-9-7-14(8-10-16)12-22-21(25)18-13-23-11-3-5-15-4-2-6-17(19(15)23)20(18)24/h2,4,6-10,13H,3,5,11-12H2,1H3,(H,22,25). The van der Waals surface area contributed by atoms with E-state index in [-0.39, 0.29) is 16.9 Å². The monoisotopic (exact) mass is 348 g/mol. The molecule has 0 aliphatic carbocycles. The van der Waals surface area contributed by atoms with E-state index >= 15 is 0 Å². The van der Waals surface area contributed by atoms with Crippen LogP contribution >= 0.6 is 0 Å². The number of amides is 1. The summed E-state index contributed by atoms with van der Waals surface area (Å²) in [7, 11) is 1.61. The minimum absolute atomic E-state index is 0.199. The van der Waals surface area contributed by atoms with Crippen LogP contribution in [0.1, 0.15) is 27.9 Å². The van der Waals surface area contributed by atoms with E-state index in [1.165, 1.54) is 5.56 Å². The second kappa shape index (κ2) is 6.67. The fourth-order valence-electron chi connectivity index (χ4n) is 3.54. The third kappa shape index (κ3) is 2.86. The number of ether oxygens (including phenoxy) is 1. The molecule has 0 bridgehead atoms. The Bertz CT molecular complexity index is 1040. The van der Waals surface area contributed by atoms with E-state index in [1.54, 1.807) is 13.3 Å². The molecule has 26 heavy (non-hydrogen) atoms. The highest BCUT2D eigenvalue weighted by molar-refractivity contribution is 5.97. The van der Waals surface area contributed by atoms with Crippen molar-refractivity contribution >= 4 is 16.8 Å². The zero-order chi connectivity index (χ0) is 18.1. The number of carbonyl (C=O) groups is 1. The van der Waals surface area contributed by atoms with Gasteiger partial charge in [0, 0.05) is 24.7 Å². The lowest BCUT2D eigenvalue weighted by molar-refractivity contribution is 0.0949. The molecule has 1 amide bonds. The van der Waals surface area contributed by atoms with Crippen molar-refractivity contribution in [3.05, 3.63) is 75.6 Å². The summed E-state index contributed by atoms with van der Waals surface area (Å²) < 4.78 is 7.17. The van der Waals surface area contributed by atoms with Gasteiger partial charge in [0.15, 0.2) is 0 Å². The first-order chi connectivity index (χ1) is 12.7. The van der Waals surface area contributed by atoms with Gasteiger partial charge in [-0.3, -0.25) is 9.59 Å². The molecule has 1 aromatic heterocycles. The minimum atomic E-state index is -0.340. The number of methoxy groups -OCH3 is 1. The van der Waals surface area contributed by atoms with Crippen molar-refractivity contribution in [2.75, 3.05) is 7.11 Å². The lowest BCUT2D eigenvalue weighted by atomic mass is 10.00. The molecule has 0 fully saturated rings. The quantitative estimate of drug-likeness (QED) is 0.789. The van der Waals surface area contributed by atoms with Gasteiger partial charge in [-0.15, -0.1) is 0 Å². The van der Waals surface area contributed by atoms with Crippen molar-refractivity contribution in [2.24, 2.45) is 0 Å². The molecule has 2 heterocycles. The highest BCUT2D eigenvalue weighted by Crippen LogP contribution is 2.23. The van der Waals surface area contributed by atoms with Crippen molar-refractivity contribution < 1.29 is 9.53 Å². The predicted octanol–water partition coefficient (Wildman–Crippen LogP) is 2.89. The van der Waals surface area contributed by atoms with E-state index in [4.69, 9.17) is 4.74 Å². The maximum absolute atomic E-state index is 12.8. The van der Waals surface area contributed by atoms with Gasteiger partial charge in [-0.2, -0.15) is 0 Å². The average molecular weight is 348 g/mol. The number of aryl methyl sites for hydroxylation is 2. The Morgan fingerprint density at radius 2 is 2.00 bits per heavy atom. The fourth-order valence-corrected chi connectivity index (χ4v) is 3.54. The van der Waals surface area contributed by atoms with E-state index in [2.05, 4.69) is 11.4 Å². The number of aromatic nitrogens is 1. The lowest BCUT2D eigenvalue weighted by Crippen LogP contribution is -2.30. The minimum Gasteiger partial charge on any atom is -0.497 e. The molecule has 0 spiro atoms. The summed E-state index contributed by atoms with van der Waals surface area (Å²) in [4.78, 5) is 25.4. The van der Waals surface area contributed by atoms with Crippen LogP contribution in [0.25, 0.3) is 10.9 Å². The zero-order valence-electron chi connectivity index (χ0n) is 14.6. The van der Waals surface area contributed by atoms with Gasteiger partial charge in [0.1, 0.15) is 11.3 Å². The Kier molecular flexibility index (Phi) is 4.21. The summed E-state index contributed by atoms with van der Waals surface area (Å²) in [6, 6.07) is 13.2. The second-order valence-corrected chi connectivity index (χ2v) is 6.51. The first kappa shape index (κ1) is 16.4. The first-order valence-corrected chi connectivity index (χ1v) is 8.73. The Morgan fingerprint density at radius 1 is 1.19 bits per heavy atom. The van der Waals surface area contributed by atoms with Crippen molar-refractivity contribution in [2.45, 2.75) is 25.9 Å². The van der Waals surface area contributed by atoms with Crippen LogP contribution in [0.2, 0.25) is 0 Å². The Hall–Kier alpha value is -3.08. The SMILES string of the molecule is COc1ccc(CNC(=O)c2cn3c4c(cccc4c2=O)CCC3)cc1. The van der Waals surface area contributed by atoms with Gasteiger partial charge in [-0.1, -0.05) is 24.3 Å². The van der Waals surface area contributed by atoms with E-state index in [0.29, 0.717) is 11.9 Å². The number of pyridine rings is 1. The number of nitrogens with zero attached hydrogens (tertiary/aromatic N) is 1. The third-order valence-corrected chi connectivity index (χ3v) is 4.88. The summed E-state index contributed by atoms with van der Waals surface area (Å²) >= 11 is 0. The van der Waals surface area contributed by atoms with Crippen LogP contribution in [0, 0.1) is 0 Å². The topological polar surface area (TPSA) is 60.3 Å². The van der Waals surface area contributed by atoms with Gasteiger partial charge in [0.2, 0.25) is 5.43 Å². The van der Waals surface area contributed by atoms with Gasteiger partial charge in [0.25, 0.3) is 5.91 Å². The van der Waals surface area contributed by atoms with Crippen molar-refractivity contribution in [3.63, 3.8) is 0 Å². The van der Waals surface area contributed by atoms with Gasteiger partial charge >= 0.3 is 0 Å². The molecular formula is C21H20N2O3. The molecule has 3 aromatic rings. The molecule has 0 saturated carbocycles. The molecule has 4 rings (SSSR count). The predicted molar refractivity (Wildman–Crippen MR) is 101 cm³/mol. The Labute approximate surface area is 151 Å². The van der Waals surface area contributed by atoms with Gasteiger partial charge < -0.3 is 14.6 Å². The molecule has 2 aromatic carbocycles. The molecular weight excluding hydrogens is 328 g/mol. The third-order valence-electron chi connectivity index (χ3n) is 4.88. The van der Waals surface area contributed by atoms with Crippen LogP contribution in [-0.2, 0) is 19.5 Å². The number of para-hydroxylation sites is 1.